The number of nitrogens with zero attached hydrogens (tertiary/aromatic N) is 2. The van der Waals surface area contributed by atoms with Gasteiger partial charge < -0.3 is 9.80 Å². The quantitative estimate of drug-likeness (QED) is 0.152. The Morgan fingerprint density at radius 3 is 1.74 bits per heavy atom. The van der Waals surface area contributed by atoms with Crippen molar-refractivity contribution < 1.29 is 0 Å². The van der Waals surface area contributed by atoms with Gasteiger partial charge in [-0.2, -0.15) is 0 Å². The van der Waals surface area contributed by atoms with Gasteiger partial charge in [-0.1, -0.05) is 124 Å². The average molecular weight is 647 g/mol. The van der Waals surface area contributed by atoms with Gasteiger partial charge in [0.2, 0.25) is 0 Å². The molecule has 2 aliphatic rings. The van der Waals surface area contributed by atoms with Crippen LogP contribution in [0.4, 0.5) is 28.4 Å². The van der Waals surface area contributed by atoms with E-state index >= 15 is 0 Å². The first-order chi connectivity index (χ1) is 24.5. The number of benzene rings is 6. The summed E-state index contributed by atoms with van der Waals surface area (Å²) in [4.78, 5) is 4.65. The Hall–Kier alpha value is -5.86. The van der Waals surface area contributed by atoms with Crippen molar-refractivity contribution in [3.63, 3.8) is 0 Å². The standard InChI is InChI=1S/C48H42N2/c1-5-6-7-8-18-31-49(35-19-12-9-13-20-35)38-25-28-41-43-30-29-42-40-27-26-39(50(36-21-14-10-15-22-36)37-23-16-11-17-24-37)32-44(40)34(2)46(42)47(43)48(3,4)45(41)33-38/h5-34H,1-4H3/b6-5-,8-7-,31-18+. The van der Waals surface area contributed by atoms with E-state index in [0.717, 1.165) is 22.7 Å². The van der Waals surface area contributed by atoms with Gasteiger partial charge in [-0.3, -0.25) is 0 Å². The molecule has 2 heteroatoms. The predicted octanol–water partition coefficient (Wildman–Crippen LogP) is 13.4. The number of hydrogen-bond acceptors (Lipinski definition) is 2. The van der Waals surface area contributed by atoms with Crippen LogP contribution in [-0.4, -0.2) is 0 Å². The van der Waals surface area contributed by atoms with Gasteiger partial charge in [0.05, 0.1) is 0 Å². The minimum Gasteiger partial charge on any atom is -0.317 e. The molecule has 6 aromatic rings. The lowest BCUT2D eigenvalue weighted by atomic mass is 9.77. The van der Waals surface area contributed by atoms with Crippen molar-refractivity contribution in [1.29, 1.82) is 0 Å². The lowest BCUT2D eigenvalue weighted by molar-refractivity contribution is 0.648. The Labute approximate surface area is 297 Å². The first-order valence-corrected chi connectivity index (χ1v) is 17.6. The summed E-state index contributed by atoms with van der Waals surface area (Å²) in [5.41, 5.74) is 16.7. The summed E-state index contributed by atoms with van der Waals surface area (Å²) < 4.78 is 0. The topological polar surface area (TPSA) is 6.48 Å². The van der Waals surface area contributed by atoms with Crippen LogP contribution < -0.4 is 9.80 Å². The minimum absolute atomic E-state index is 0.164. The molecule has 2 nitrogen and oxygen atoms in total. The number of hydrogen-bond donors (Lipinski definition) is 0. The first-order valence-electron chi connectivity index (χ1n) is 17.6. The number of rotatable bonds is 8. The zero-order valence-corrected chi connectivity index (χ0v) is 29.2. The number of fused-ring (bicyclic) bond motifs is 7. The molecule has 0 heterocycles. The van der Waals surface area contributed by atoms with Gasteiger partial charge in [0.15, 0.2) is 0 Å². The van der Waals surface area contributed by atoms with Crippen LogP contribution in [0, 0.1) is 0 Å². The summed E-state index contributed by atoms with van der Waals surface area (Å²) in [5, 5.41) is 0. The number of anilines is 5. The molecule has 0 amide bonds. The van der Waals surface area contributed by atoms with Crippen molar-refractivity contribution in [2.45, 2.75) is 39.0 Å². The van der Waals surface area contributed by atoms with Crippen molar-refractivity contribution in [1.82, 2.24) is 0 Å². The third kappa shape index (κ3) is 5.29. The van der Waals surface area contributed by atoms with E-state index in [1.165, 1.54) is 50.2 Å². The van der Waals surface area contributed by atoms with Crippen LogP contribution in [-0.2, 0) is 5.41 Å². The molecule has 0 aromatic heterocycles. The van der Waals surface area contributed by atoms with Crippen LogP contribution in [0.25, 0.3) is 22.3 Å². The Balaban J connectivity index is 1.19. The fraction of sp³-hybridized carbons (Fsp3) is 0.125. The van der Waals surface area contributed by atoms with Gasteiger partial charge in [0.1, 0.15) is 0 Å². The molecule has 0 spiro atoms. The zero-order valence-electron chi connectivity index (χ0n) is 29.2. The largest absolute Gasteiger partial charge is 0.317 e. The maximum Gasteiger partial charge on any atom is 0.0465 e. The normalized spacial score (nSPS) is 15.3. The fourth-order valence-electron chi connectivity index (χ4n) is 8.11. The van der Waals surface area contributed by atoms with Gasteiger partial charge in [-0.05, 0) is 118 Å². The maximum atomic E-state index is 2.43. The minimum atomic E-state index is -0.164. The van der Waals surface area contributed by atoms with E-state index < -0.39 is 0 Å². The first kappa shape index (κ1) is 31.4. The monoisotopic (exact) mass is 646 g/mol. The highest BCUT2D eigenvalue weighted by atomic mass is 15.1. The van der Waals surface area contributed by atoms with Crippen LogP contribution >= 0.6 is 0 Å². The van der Waals surface area contributed by atoms with Crippen molar-refractivity contribution in [3.8, 4) is 22.3 Å². The molecule has 0 bridgehead atoms. The van der Waals surface area contributed by atoms with Crippen molar-refractivity contribution in [2.75, 3.05) is 9.80 Å². The van der Waals surface area contributed by atoms with E-state index in [2.05, 4.69) is 195 Å². The van der Waals surface area contributed by atoms with E-state index in [9.17, 15) is 0 Å². The van der Waals surface area contributed by atoms with Crippen LogP contribution in [0.2, 0.25) is 0 Å². The average Bonchev–Trinajstić information content (AvgIpc) is 3.57. The molecule has 0 saturated heterocycles. The second-order valence-corrected chi connectivity index (χ2v) is 13.8. The highest BCUT2D eigenvalue weighted by Gasteiger charge is 2.42. The molecule has 6 aromatic carbocycles. The molecule has 0 N–H and O–H groups in total. The molecule has 0 fully saturated rings. The Morgan fingerprint density at radius 1 is 0.520 bits per heavy atom. The Kier molecular flexibility index (Phi) is 8.09. The molecule has 2 aliphatic carbocycles. The van der Waals surface area contributed by atoms with Crippen molar-refractivity contribution >= 4 is 28.4 Å². The fourth-order valence-corrected chi connectivity index (χ4v) is 8.11. The summed E-state index contributed by atoms with van der Waals surface area (Å²) >= 11 is 0. The molecular weight excluding hydrogens is 605 g/mol. The van der Waals surface area contributed by atoms with Crippen LogP contribution in [0.15, 0.2) is 176 Å². The second kappa shape index (κ2) is 12.9. The summed E-state index contributed by atoms with van der Waals surface area (Å²) in [6.07, 6.45) is 12.5. The van der Waals surface area contributed by atoms with Crippen molar-refractivity contribution in [2.24, 2.45) is 0 Å². The van der Waals surface area contributed by atoms with E-state index in [-0.39, 0.29) is 11.3 Å². The van der Waals surface area contributed by atoms with Crippen LogP contribution in [0.5, 0.6) is 0 Å². The molecule has 244 valence electrons. The maximum absolute atomic E-state index is 2.43. The second-order valence-electron chi connectivity index (χ2n) is 13.8. The molecular formula is C48H42N2. The van der Waals surface area contributed by atoms with Gasteiger partial charge in [-0.15, -0.1) is 0 Å². The van der Waals surface area contributed by atoms with E-state index in [0.29, 0.717) is 0 Å². The highest BCUT2D eigenvalue weighted by Crippen LogP contribution is 2.58. The molecule has 1 atom stereocenters. The third-order valence-corrected chi connectivity index (χ3v) is 10.4. The van der Waals surface area contributed by atoms with E-state index in [1.807, 2.05) is 19.1 Å². The zero-order chi connectivity index (χ0) is 34.2. The lowest BCUT2D eigenvalue weighted by Gasteiger charge is -2.28. The van der Waals surface area contributed by atoms with Crippen LogP contribution in [0.1, 0.15) is 55.9 Å². The molecule has 8 rings (SSSR count). The summed E-state index contributed by atoms with van der Waals surface area (Å²) in [6.45, 7) is 9.26. The van der Waals surface area contributed by atoms with Crippen molar-refractivity contribution in [3.05, 3.63) is 198 Å². The SMILES string of the molecule is C\C=C/C=C\C=C\N(c1ccccc1)c1ccc2c(c1)C(C)(C)c1c-2ccc2c1C(C)c1cc(N(c3ccccc3)c3ccccc3)ccc1-2. The summed E-state index contributed by atoms with van der Waals surface area (Å²) in [6, 6.07) is 50.8. The summed E-state index contributed by atoms with van der Waals surface area (Å²) in [7, 11) is 0. The predicted molar refractivity (Wildman–Crippen MR) is 213 cm³/mol. The van der Waals surface area contributed by atoms with Gasteiger partial charge >= 0.3 is 0 Å². The molecule has 1 unspecified atom stereocenters. The van der Waals surface area contributed by atoms with E-state index in [1.54, 1.807) is 0 Å². The Bertz CT molecular complexity index is 2220. The number of para-hydroxylation sites is 3. The molecule has 0 saturated carbocycles. The third-order valence-electron chi connectivity index (χ3n) is 10.4. The van der Waals surface area contributed by atoms with E-state index in [4.69, 9.17) is 0 Å². The van der Waals surface area contributed by atoms with Gasteiger partial charge in [-0.25, -0.2) is 0 Å². The lowest BCUT2D eigenvalue weighted by Crippen LogP contribution is -2.18. The Morgan fingerprint density at radius 2 is 1.08 bits per heavy atom. The molecule has 50 heavy (non-hydrogen) atoms. The molecule has 0 radical (unpaired) electrons. The highest BCUT2D eigenvalue weighted by molar-refractivity contribution is 5.92. The van der Waals surface area contributed by atoms with Gasteiger partial charge in [0, 0.05) is 46.0 Å². The smallest absolute Gasteiger partial charge is 0.0465 e. The van der Waals surface area contributed by atoms with Crippen LogP contribution in [0.3, 0.4) is 0 Å². The molecule has 0 aliphatic heterocycles. The van der Waals surface area contributed by atoms with Gasteiger partial charge in [0.25, 0.3) is 0 Å². The summed E-state index contributed by atoms with van der Waals surface area (Å²) in [5.74, 6) is 0.268. The number of allylic oxidation sites excluding steroid dienone is 5.